The molecule has 1 saturated heterocycles. The van der Waals surface area contributed by atoms with Crippen LogP contribution in [0.1, 0.15) is 12.8 Å². The molecule has 1 N–H and O–H groups in total. The molecule has 1 atom stereocenters. The summed E-state index contributed by atoms with van der Waals surface area (Å²) in [4.78, 5) is 14.2. The zero-order chi connectivity index (χ0) is 12.1. The van der Waals surface area contributed by atoms with E-state index in [0.29, 0.717) is 11.7 Å². The SMILES string of the molecule is O=[N+]([O-])c1ccnc(NCC2CCCOC2)c1. The van der Waals surface area contributed by atoms with Gasteiger partial charge < -0.3 is 10.1 Å². The first-order valence-corrected chi connectivity index (χ1v) is 5.68. The first-order valence-electron chi connectivity index (χ1n) is 5.68. The van der Waals surface area contributed by atoms with Crippen LogP contribution in [0.15, 0.2) is 18.3 Å². The van der Waals surface area contributed by atoms with Gasteiger partial charge in [-0.1, -0.05) is 0 Å². The summed E-state index contributed by atoms with van der Waals surface area (Å²) in [6.45, 7) is 2.33. The summed E-state index contributed by atoms with van der Waals surface area (Å²) in [6.07, 6.45) is 3.65. The Balaban J connectivity index is 1.89. The third-order valence-electron chi connectivity index (χ3n) is 2.78. The number of nitrogens with one attached hydrogen (secondary N) is 1. The number of anilines is 1. The van der Waals surface area contributed by atoms with Crippen LogP contribution in [0.5, 0.6) is 0 Å². The molecule has 1 aromatic heterocycles. The van der Waals surface area contributed by atoms with E-state index in [1.807, 2.05) is 0 Å². The Kier molecular flexibility index (Phi) is 3.87. The van der Waals surface area contributed by atoms with Crippen LogP contribution in [0.2, 0.25) is 0 Å². The van der Waals surface area contributed by atoms with Crippen molar-refractivity contribution < 1.29 is 9.66 Å². The summed E-state index contributed by atoms with van der Waals surface area (Å²) in [5.41, 5.74) is 0.0578. The lowest BCUT2D eigenvalue weighted by Gasteiger charge is -2.22. The fraction of sp³-hybridized carbons (Fsp3) is 0.545. The molecule has 17 heavy (non-hydrogen) atoms. The summed E-state index contributed by atoms with van der Waals surface area (Å²) in [7, 11) is 0. The van der Waals surface area contributed by atoms with Crippen molar-refractivity contribution in [1.29, 1.82) is 0 Å². The van der Waals surface area contributed by atoms with Gasteiger partial charge in [-0.05, 0) is 18.8 Å². The Labute approximate surface area is 99.2 Å². The van der Waals surface area contributed by atoms with Gasteiger partial charge >= 0.3 is 0 Å². The second-order valence-corrected chi connectivity index (χ2v) is 4.12. The van der Waals surface area contributed by atoms with E-state index < -0.39 is 4.92 Å². The third kappa shape index (κ3) is 3.39. The number of aromatic nitrogens is 1. The number of nitrogens with zero attached hydrogens (tertiary/aromatic N) is 2. The van der Waals surface area contributed by atoms with E-state index in [4.69, 9.17) is 4.74 Å². The summed E-state index contributed by atoms with van der Waals surface area (Å²) in [5, 5.41) is 13.7. The lowest BCUT2D eigenvalue weighted by Crippen LogP contribution is -2.24. The van der Waals surface area contributed by atoms with Crippen molar-refractivity contribution in [3.05, 3.63) is 28.4 Å². The summed E-state index contributed by atoms with van der Waals surface area (Å²) in [6, 6.07) is 2.83. The molecule has 1 aliphatic rings. The van der Waals surface area contributed by atoms with E-state index in [2.05, 4.69) is 10.3 Å². The molecule has 1 aliphatic heterocycles. The van der Waals surface area contributed by atoms with Crippen LogP contribution in [-0.4, -0.2) is 29.7 Å². The summed E-state index contributed by atoms with van der Waals surface area (Å²) >= 11 is 0. The molecule has 0 saturated carbocycles. The molecule has 0 amide bonds. The van der Waals surface area contributed by atoms with Gasteiger partial charge in [-0.25, -0.2) is 4.98 Å². The van der Waals surface area contributed by atoms with Crippen molar-refractivity contribution in [3.8, 4) is 0 Å². The summed E-state index contributed by atoms with van der Waals surface area (Å²) < 4.78 is 5.36. The second kappa shape index (κ2) is 5.58. The number of hydrogen-bond donors (Lipinski definition) is 1. The molecule has 92 valence electrons. The average Bonchev–Trinajstić information content (AvgIpc) is 2.38. The van der Waals surface area contributed by atoms with Gasteiger partial charge in [0, 0.05) is 25.4 Å². The molecule has 1 fully saturated rings. The van der Waals surface area contributed by atoms with Crippen molar-refractivity contribution >= 4 is 11.5 Å². The van der Waals surface area contributed by atoms with Gasteiger partial charge in [0.15, 0.2) is 0 Å². The molecule has 6 nitrogen and oxygen atoms in total. The largest absolute Gasteiger partial charge is 0.381 e. The Morgan fingerprint density at radius 1 is 1.65 bits per heavy atom. The molecule has 0 radical (unpaired) electrons. The Morgan fingerprint density at radius 2 is 2.53 bits per heavy atom. The second-order valence-electron chi connectivity index (χ2n) is 4.12. The molecule has 1 aromatic rings. The monoisotopic (exact) mass is 237 g/mol. The quantitative estimate of drug-likeness (QED) is 0.638. The zero-order valence-corrected chi connectivity index (χ0v) is 9.46. The fourth-order valence-electron chi connectivity index (χ4n) is 1.85. The van der Waals surface area contributed by atoms with Crippen LogP contribution in [0, 0.1) is 16.0 Å². The number of pyridine rings is 1. The van der Waals surface area contributed by atoms with Gasteiger partial charge in [0.1, 0.15) is 5.82 Å². The first-order chi connectivity index (χ1) is 8.25. The van der Waals surface area contributed by atoms with Gasteiger partial charge in [-0.2, -0.15) is 0 Å². The van der Waals surface area contributed by atoms with E-state index in [-0.39, 0.29) is 5.69 Å². The maximum absolute atomic E-state index is 10.6. The van der Waals surface area contributed by atoms with Gasteiger partial charge in [0.2, 0.25) is 0 Å². The molecule has 0 bridgehead atoms. The highest BCUT2D eigenvalue weighted by atomic mass is 16.6. The van der Waals surface area contributed by atoms with Gasteiger partial charge in [0.25, 0.3) is 5.69 Å². The molecular formula is C11H15N3O3. The number of rotatable bonds is 4. The Morgan fingerprint density at radius 3 is 3.24 bits per heavy atom. The smallest absolute Gasteiger partial charge is 0.274 e. The topological polar surface area (TPSA) is 77.3 Å². The van der Waals surface area contributed by atoms with Crippen molar-refractivity contribution in [2.24, 2.45) is 5.92 Å². The number of hydrogen-bond acceptors (Lipinski definition) is 5. The lowest BCUT2D eigenvalue weighted by molar-refractivity contribution is -0.384. The van der Waals surface area contributed by atoms with E-state index in [1.165, 1.54) is 18.3 Å². The molecule has 0 aliphatic carbocycles. The van der Waals surface area contributed by atoms with Crippen molar-refractivity contribution in [1.82, 2.24) is 4.98 Å². The van der Waals surface area contributed by atoms with Crippen molar-refractivity contribution in [3.63, 3.8) is 0 Å². The Bertz CT molecular complexity index is 391. The highest BCUT2D eigenvalue weighted by Gasteiger charge is 2.14. The summed E-state index contributed by atoms with van der Waals surface area (Å²) in [5.74, 6) is 1.01. The zero-order valence-electron chi connectivity index (χ0n) is 9.46. The molecule has 2 rings (SSSR count). The van der Waals surface area contributed by atoms with Gasteiger partial charge in [-0.15, -0.1) is 0 Å². The van der Waals surface area contributed by atoms with E-state index in [0.717, 1.165) is 32.6 Å². The lowest BCUT2D eigenvalue weighted by atomic mass is 10.0. The predicted octanol–water partition coefficient (Wildman–Crippen LogP) is 1.83. The minimum absolute atomic E-state index is 0.0578. The first kappa shape index (κ1) is 11.8. The minimum Gasteiger partial charge on any atom is -0.381 e. The molecular weight excluding hydrogens is 222 g/mol. The van der Waals surface area contributed by atoms with Gasteiger partial charge in [-0.3, -0.25) is 10.1 Å². The average molecular weight is 237 g/mol. The van der Waals surface area contributed by atoms with Crippen LogP contribution in [0.25, 0.3) is 0 Å². The fourth-order valence-corrected chi connectivity index (χ4v) is 1.85. The molecule has 0 aromatic carbocycles. The van der Waals surface area contributed by atoms with E-state index in [9.17, 15) is 10.1 Å². The van der Waals surface area contributed by atoms with Crippen LogP contribution in [-0.2, 0) is 4.74 Å². The molecule has 1 unspecified atom stereocenters. The molecule has 0 spiro atoms. The number of ether oxygens (including phenoxy) is 1. The molecule has 6 heteroatoms. The van der Waals surface area contributed by atoms with Crippen molar-refractivity contribution in [2.75, 3.05) is 25.1 Å². The molecule has 2 heterocycles. The van der Waals surface area contributed by atoms with Crippen molar-refractivity contribution in [2.45, 2.75) is 12.8 Å². The van der Waals surface area contributed by atoms with E-state index >= 15 is 0 Å². The van der Waals surface area contributed by atoms with Gasteiger partial charge in [0.05, 0.1) is 17.6 Å². The Hall–Kier alpha value is -1.69. The maximum atomic E-state index is 10.6. The van der Waals surface area contributed by atoms with Crippen LogP contribution in [0.4, 0.5) is 11.5 Å². The minimum atomic E-state index is -0.420. The normalized spacial score (nSPS) is 19.9. The highest BCUT2D eigenvalue weighted by molar-refractivity contribution is 5.44. The van der Waals surface area contributed by atoms with Crippen LogP contribution in [0.3, 0.4) is 0 Å². The van der Waals surface area contributed by atoms with Crippen LogP contribution < -0.4 is 5.32 Å². The third-order valence-corrected chi connectivity index (χ3v) is 2.78. The predicted molar refractivity (Wildman–Crippen MR) is 62.9 cm³/mol. The standard InChI is InChI=1S/C11H15N3O3/c15-14(16)10-3-4-12-11(6-10)13-7-9-2-1-5-17-8-9/h3-4,6,9H,1-2,5,7-8H2,(H,12,13). The van der Waals surface area contributed by atoms with Crippen LogP contribution >= 0.6 is 0 Å². The maximum Gasteiger partial charge on any atom is 0.274 e. The van der Waals surface area contributed by atoms with E-state index in [1.54, 1.807) is 0 Å². The number of nitro groups is 1. The highest BCUT2D eigenvalue weighted by Crippen LogP contribution is 2.17.